The van der Waals surface area contributed by atoms with Crippen molar-refractivity contribution < 1.29 is 43.9 Å². The van der Waals surface area contributed by atoms with E-state index in [9.17, 15) is 24.9 Å². The van der Waals surface area contributed by atoms with E-state index >= 15 is 0 Å². The summed E-state index contributed by atoms with van der Waals surface area (Å²) >= 11 is 0. The number of ether oxygens (including phenoxy) is 4. The van der Waals surface area contributed by atoms with Crippen LogP contribution in [-0.2, 0) is 28.5 Å². The van der Waals surface area contributed by atoms with E-state index in [4.69, 9.17) is 18.9 Å². The van der Waals surface area contributed by atoms with Gasteiger partial charge in [0.15, 0.2) is 6.29 Å². The quantitative estimate of drug-likeness (QED) is 0.269. The largest absolute Gasteiger partial charge is 0.458 e. The van der Waals surface area contributed by atoms with E-state index in [0.29, 0.717) is 51.6 Å². The summed E-state index contributed by atoms with van der Waals surface area (Å²) in [5.74, 6) is -0.420. The van der Waals surface area contributed by atoms with Crippen molar-refractivity contribution in [3.63, 3.8) is 0 Å². The van der Waals surface area contributed by atoms with Gasteiger partial charge < -0.3 is 39.1 Å². The van der Waals surface area contributed by atoms with Gasteiger partial charge in [-0.1, -0.05) is 6.92 Å². The Bertz CT molecular complexity index is 1030. The molecule has 4 aliphatic carbocycles. The van der Waals surface area contributed by atoms with Crippen molar-refractivity contribution in [2.45, 2.75) is 120 Å². The molecule has 9 heteroatoms. The van der Waals surface area contributed by atoms with Crippen LogP contribution in [0.25, 0.3) is 0 Å². The summed E-state index contributed by atoms with van der Waals surface area (Å²) in [4.78, 5) is 24.8. The van der Waals surface area contributed by atoms with Gasteiger partial charge in [-0.25, -0.2) is 4.79 Å². The minimum Gasteiger partial charge on any atom is -0.458 e. The Morgan fingerprint density at radius 1 is 1.08 bits per heavy atom. The molecular weight excluding hydrogens is 504 g/mol. The third kappa shape index (κ3) is 3.94. The summed E-state index contributed by atoms with van der Waals surface area (Å²) < 4.78 is 22.9. The minimum atomic E-state index is -1.21. The molecule has 12 atom stereocenters. The maximum absolute atomic E-state index is 13.0. The molecule has 3 N–H and O–H groups in total. The summed E-state index contributed by atoms with van der Waals surface area (Å²) in [6.45, 7) is 4.25. The van der Waals surface area contributed by atoms with Crippen LogP contribution in [0.4, 0.5) is 0 Å². The van der Waals surface area contributed by atoms with Crippen molar-refractivity contribution >= 4 is 12.3 Å². The summed E-state index contributed by atoms with van der Waals surface area (Å²) in [6, 6.07) is 0. The smallest absolute Gasteiger partial charge is 0.331 e. The second-order valence-corrected chi connectivity index (χ2v) is 13.5. The van der Waals surface area contributed by atoms with Crippen LogP contribution in [0.3, 0.4) is 0 Å². The van der Waals surface area contributed by atoms with Gasteiger partial charge in [-0.15, -0.1) is 0 Å². The maximum Gasteiger partial charge on any atom is 0.331 e. The lowest BCUT2D eigenvalue weighted by atomic mass is 9.41. The number of esters is 1. The van der Waals surface area contributed by atoms with Crippen molar-refractivity contribution in [3.8, 4) is 0 Å². The zero-order chi connectivity index (χ0) is 27.8. The summed E-state index contributed by atoms with van der Waals surface area (Å²) in [5, 5.41) is 34.8. The molecule has 5 fully saturated rings. The second kappa shape index (κ2) is 9.60. The van der Waals surface area contributed by atoms with Gasteiger partial charge in [0, 0.05) is 31.4 Å². The fourth-order valence-electron chi connectivity index (χ4n) is 9.98. The third-order valence-electron chi connectivity index (χ3n) is 12.1. The molecule has 0 amide bonds. The highest BCUT2D eigenvalue weighted by atomic mass is 16.7. The predicted octanol–water partition coefficient (Wildman–Crippen LogP) is 2.43. The average Bonchev–Trinajstić information content (AvgIpc) is 3.45. The average molecular weight is 549 g/mol. The van der Waals surface area contributed by atoms with Gasteiger partial charge in [0.25, 0.3) is 0 Å². The van der Waals surface area contributed by atoms with Crippen LogP contribution in [0.15, 0.2) is 11.6 Å². The number of rotatable bonds is 5. The van der Waals surface area contributed by atoms with Crippen molar-refractivity contribution in [3.05, 3.63) is 11.6 Å². The Labute approximate surface area is 230 Å². The standard InChI is InChI=1S/C30H44O9/c1-17-26(33)23(36-3)13-25(38-17)39-19-4-9-28(16-31)21-5-8-27(2)20(18-12-24(32)37-15-18)7-11-30(27,35)22(21)6-10-29(28,34)14-19/h12,16-17,19-23,25-26,33-35H,4-11,13-15H2,1-3H3/t17-,19+,20+,21-,22+,23+,25-,26-,27-,28+,29-,30+/m1/s1. The molecule has 0 spiro atoms. The minimum absolute atomic E-state index is 0.0827. The molecule has 0 radical (unpaired) electrons. The molecular formula is C30H44O9. The van der Waals surface area contributed by atoms with E-state index in [1.54, 1.807) is 20.1 Å². The first-order chi connectivity index (χ1) is 18.5. The number of cyclic esters (lactones) is 1. The molecule has 9 nitrogen and oxygen atoms in total. The lowest BCUT2D eigenvalue weighted by Gasteiger charge is -2.65. The molecule has 6 rings (SSSR count). The zero-order valence-corrected chi connectivity index (χ0v) is 23.3. The summed E-state index contributed by atoms with van der Waals surface area (Å²) in [6.07, 6.45) is 6.10. The molecule has 6 aliphatic rings. The van der Waals surface area contributed by atoms with Gasteiger partial charge in [-0.2, -0.15) is 0 Å². The second-order valence-electron chi connectivity index (χ2n) is 13.5. The van der Waals surface area contributed by atoms with E-state index < -0.39 is 40.5 Å². The monoisotopic (exact) mass is 548 g/mol. The lowest BCUT2D eigenvalue weighted by Crippen LogP contribution is -2.69. The van der Waals surface area contributed by atoms with E-state index in [2.05, 4.69) is 6.92 Å². The van der Waals surface area contributed by atoms with Gasteiger partial charge >= 0.3 is 5.97 Å². The van der Waals surface area contributed by atoms with Crippen LogP contribution in [0.2, 0.25) is 0 Å². The maximum atomic E-state index is 13.0. The highest BCUT2D eigenvalue weighted by Crippen LogP contribution is 2.70. The van der Waals surface area contributed by atoms with Gasteiger partial charge in [-0.3, -0.25) is 0 Å². The molecule has 0 aromatic rings. The Morgan fingerprint density at radius 2 is 1.85 bits per heavy atom. The number of aliphatic hydroxyl groups is 3. The van der Waals surface area contributed by atoms with Gasteiger partial charge in [0.1, 0.15) is 19.0 Å². The van der Waals surface area contributed by atoms with Crippen LogP contribution in [0, 0.1) is 28.6 Å². The number of carbonyl (C=O) groups is 2. The predicted molar refractivity (Wildman–Crippen MR) is 138 cm³/mol. The molecule has 0 aromatic carbocycles. The van der Waals surface area contributed by atoms with Crippen molar-refractivity contribution in [1.29, 1.82) is 0 Å². The Kier molecular flexibility index (Phi) is 6.84. The van der Waals surface area contributed by atoms with Gasteiger partial charge in [-0.05, 0) is 81.6 Å². The number of carbonyl (C=O) groups excluding carboxylic acids is 2. The van der Waals surface area contributed by atoms with Crippen LogP contribution >= 0.6 is 0 Å². The van der Waals surface area contributed by atoms with Crippen molar-refractivity contribution in [2.24, 2.45) is 28.6 Å². The van der Waals surface area contributed by atoms with E-state index in [-0.39, 0.29) is 35.9 Å². The van der Waals surface area contributed by atoms with Gasteiger partial charge in [0.05, 0.1) is 34.9 Å². The number of hydrogen-bond donors (Lipinski definition) is 3. The Morgan fingerprint density at radius 3 is 2.54 bits per heavy atom. The van der Waals surface area contributed by atoms with Crippen LogP contribution < -0.4 is 0 Å². The fourth-order valence-corrected chi connectivity index (χ4v) is 9.98. The van der Waals surface area contributed by atoms with E-state index in [1.165, 1.54) is 0 Å². The first kappa shape index (κ1) is 27.8. The first-order valence-electron chi connectivity index (χ1n) is 14.8. The van der Waals surface area contributed by atoms with Crippen LogP contribution in [-0.4, -0.2) is 83.2 Å². The van der Waals surface area contributed by atoms with E-state index in [0.717, 1.165) is 31.1 Å². The highest BCUT2D eigenvalue weighted by Gasteiger charge is 2.71. The molecule has 0 unspecified atom stereocenters. The van der Waals surface area contributed by atoms with Crippen molar-refractivity contribution in [2.75, 3.05) is 13.7 Å². The van der Waals surface area contributed by atoms with Crippen LogP contribution in [0.1, 0.15) is 78.1 Å². The summed E-state index contributed by atoms with van der Waals surface area (Å²) in [7, 11) is 1.57. The number of methoxy groups -OCH3 is 1. The SMILES string of the molecule is CO[C@H]1C[C@@H](O[C@H]2CC[C@]3(C=O)[C@@H]4CC[C@]5(C)[C@H](C6=CC(=O)OC6)CC[C@]5(O)[C@H]4CC[C@@]3(O)C2)O[C@H](C)[C@H]1O. The molecule has 2 aliphatic heterocycles. The lowest BCUT2D eigenvalue weighted by molar-refractivity contribution is -0.287. The number of hydrogen-bond acceptors (Lipinski definition) is 9. The normalized spacial score (nSPS) is 53.3. The molecule has 218 valence electrons. The third-order valence-corrected chi connectivity index (χ3v) is 12.1. The summed E-state index contributed by atoms with van der Waals surface area (Å²) in [5.41, 5.74) is -2.52. The van der Waals surface area contributed by atoms with Gasteiger partial charge in [0.2, 0.25) is 0 Å². The Hall–Kier alpha value is -1.36. The number of aldehydes is 1. The molecule has 0 aromatic heterocycles. The highest BCUT2D eigenvalue weighted by molar-refractivity contribution is 5.85. The topological polar surface area (TPSA) is 132 Å². The van der Waals surface area contributed by atoms with E-state index in [1.807, 2.05) is 0 Å². The Balaban J connectivity index is 1.21. The number of fused-ring (bicyclic) bond motifs is 5. The fraction of sp³-hybridized carbons (Fsp3) is 0.867. The molecule has 39 heavy (non-hydrogen) atoms. The molecule has 2 heterocycles. The van der Waals surface area contributed by atoms with Crippen molar-refractivity contribution in [1.82, 2.24) is 0 Å². The molecule has 0 bridgehead atoms. The molecule has 4 saturated carbocycles. The zero-order valence-electron chi connectivity index (χ0n) is 23.3. The first-order valence-corrected chi connectivity index (χ1v) is 14.8. The molecule has 1 saturated heterocycles. The number of aliphatic hydroxyl groups excluding tert-OH is 1. The van der Waals surface area contributed by atoms with Crippen LogP contribution in [0.5, 0.6) is 0 Å².